The average molecular weight is 254 g/mol. The fourth-order valence-electron chi connectivity index (χ4n) is 1.28. The molecule has 0 saturated carbocycles. The van der Waals surface area contributed by atoms with Crippen molar-refractivity contribution in [3.05, 3.63) is 0 Å². The van der Waals surface area contributed by atoms with Crippen LogP contribution in [0.1, 0.15) is 19.8 Å². The number of piperidine rings is 1. The smallest absolute Gasteiger partial charge is 0.0589 e. The van der Waals surface area contributed by atoms with Crippen LogP contribution in [0.3, 0.4) is 0 Å². The lowest BCUT2D eigenvalue weighted by molar-refractivity contribution is 0.214. The van der Waals surface area contributed by atoms with Gasteiger partial charge in [0.05, 0.1) is 4.05 Å². The van der Waals surface area contributed by atoms with Crippen molar-refractivity contribution in [1.29, 1.82) is 0 Å². The summed E-state index contributed by atoms with van der Waals surface area (Å²) in [7, 11) is 0. The molecule has 10 heavy (non-hydrogen) atoms. The molecule has 0 aromatic rings. The molecule has 2 nitrogen and oxygen atoms in total. The van der Waals surface area contributed by atoms with Crippen LogP contribution in [0.5, 0.6) is 0 Å². The fourth-order valence-corrected chi connectivity index (χ4v) is 1.83. The van der Waals surface area contributed by atoms with Crippen LogP contribution in [-0.4, -0.2) is 28.1 Å². The highest BCUT2D eigenvalue weighted by Gasteiger charge is 2.17. The maximum Gasteiger partial charge on any atom is 0.0589 e. The van der Waals surface area contributed by atoms with Gasteiger partial charge in [-0.3, -0.25) is 4.90 Å². The average Bonchev–Trinajstić information content (AvgIpc) is 1.88. The second-order valence-corrected chi connectivity index (χ2v) is 4.75. The van der Waals surface area contributed by atoms with Gasteiger partial charge in [-0.05, 0) is 19.8 Å². The number of hydrogen-bond acceptors (Lipinski definition) is 2. The van der Waals surface area contributed by atoms with Gasteiger partial charge in [0, 0.05) is 19.1 Å². The fraction of sp³-hybridized carbons (Fsp3) is 1.00. The first kappa shape index (κ1) is 8.74. The molecule has 1 aliphatic rings. The Kier molecular flexibility index (Phi) is 3.39. The lowest BCUT2D eigenvalue weighted by Crippen LogP contribution is -2.41. The molecule has 0 amide bonds. The van der Waals surface area contributed by atoms with Crippen LogP contribution in [0.4, 0.5) is 0 Å². The minimum Gasteiger partial charge on any atom is -0.328 e. The quantitative estimate of drug-likeness (QED) is 0.432. The molecule has 0 bridgehead atoms. The molecule has 1 rings (SSSR count). The van der Waals surface area contributed by atoms with Gasteiger partial charge in [-0.25, -0.2) is 0 Å². The molecule has 1 fully saturated rings. The van der Waals surface area contributed by atoms with Crippen molar-refractivity contribution < 1.29 is 0 Å². The number of halogens is 1. The highest BCUT2D eigenvalue weighted by molar-refractivity contribution is 14.1. The first-order valence-corrected chi connectivity index (χ1v) is 5.08. The molecule has 0 aromatic heterocycles. The van der Waals surface area contributed by atoms with E-state index in [1.165, 1.54) is 25.9 Å². The summed E-state index contributed by atoms with van der Waals surface area (Å²) in [4.78, 5) is 2.48. The maximum atomic E-state index is 5.77. The molecule has 1 saturated heterocycles. The molecule has 1 aliphatic heterocycles. The van der Waals surface area contributed by atoms with Crippen LogP contribution >= 0.6 is 22.6 Å². The van der Waals surface area contributed by atoms with Crippen molar-refractivity contribution in [2.24, 2.45) is 5.73 Å². The molecule has 2 N–H and O–H groups in total. The van der Waals surface area contributed by atoms with Crippen molar-refractivity contribution in [2.75, 3.05) is 13.1 Å². The standard InChI is InChI=1S/C7H15IN2/c1-6(8)10-4-2-7(9)3-5-10/h6-7H,2-5,9H2,1H3. The van der Waals surface area contributed by atoms with Crippen molar-refractivity contribution in [2.45, 2.75) is 29.9 Å². The largest absolute Gasteiger partial charge is 0.328 e. The van der Waals surface area contributed by atoms with Crippen LogP contribution in [-0.2, 0) is 0 Å². The Morgan fingerprint density at radius 1 is 1.50 bits per heavy atom. The summed E-state index contributed by atoms with van der Waals surface area (Å²) in [5.74, 6) is 0. The van der Waals surface area contributed by atoms with Crippen molar-refractivity contribution in [3.63, 3.8) is 0 Å². The van der Waals surface area contributed by atoms with Crippen LogP contribution in [0.15, 0.2) is 0 Å². The van der Waals surface area contributed by atoms with Gasteiger partial charge in [0.25, 0.3) is 0 Å². The van der Waals surface area contributed by atoms with E-state index in [1.54, 1.807) is 0 Å². The van der Waals surface area contributed by atoms with Gasteiger partial charge < -0.3 is 5.73 Å². The highest BCUT2D eigenvalue weighted by atomic mass is 127. The van der Waals surface area contributed by atoms with E-state index >= 15 is 0 Å². The van der Waals surface area contributed by atoms with Gasteiger partial charge in [-0.1, -0.05) is 22.6 Å². The summed E-state index contributed by atoms with van der Waals surface area (Å²) >= 11 is 2.45. The Morgan fingerprint density at radius 3 is 2.40 bits per heavy atom. The maximum absolute atomic E-state index is 5.77. The predicted octanol–water partition coefficient (Wildman–Crippen LogP) is 1.19. The molecule has 1 atom stereocenters. The van der Waals surface area contributed by atoms with Crippen LogP contribution in [0.2, 0.25) is 0 Å². The lowest BCUT2D eigenvalue weighted by atomic mass is 10.1. The normalized spacial score (nSPS) is 26.7. The number of alkyl halides is 1. The van der Waals surface area contributed by atoms with Gasteiger partial charge in [0.1, 0.15) is 0 Å². The van der Waals surface area contributed by atoms with Crippen LogP contribution in [0.25, 0.3) is 0 Å². The van der Waals surface area contributed by atoms with Crippen molar-refractivity contribution in [3.8, 4) is 0 Å². The van der Waals surface area contributed by atoms with E-state index in [-0.39, 0.29) is 0 Å². The van der Waals surface area contributed by atoms with E-state index < -0.39 is 0 Å². The van der Waals surface area contributed by atoms with E-state index in [0.29, 0.717) is 10.1 Å². The number of likely N-dealkylation sites (tertiary alicyclic amines) is 1. The molecule has 0 radical (unpaired) electrons. The lowest BCUT2D eigenvalue weighted by Gasteiger charge is -2.31. The zero-order chi connectivity index (χ0) is 7.56. The number of nitrogens with two attached hydrogens (primary N) is 1. The minimum atomic E-state index is 0.464. The van der Waals surface area contributed by atoms with Gasteiger partial charge in [-0.2, -0.15) is 0 Å². The van der Waals surface area contributed by atoms with E-state index in [4.69, 9.17) is 5.73 Å². The summed E-state index contributed by atoms with van der Waals surface area (Å²) in [6, 6.07) is 0.464. The first-order chi connectivity index (χ1) is 4.70. The molecule has 1 unspecified atom stereocenters. The number of rotatable bonds is 1. The number of hydrogen-bond donors (Lipinski definition) is 1. The second kappa shape index (κ2) is 3.88. The molecule has 60 valence electrons. The molecule has 1 heterocycles. The molecule has 0 spiro atoms. The molecule has 0 aliphatic carbocycles. The molecular weight excluding hydrogens is 239 g/mol. The SMILES string of the molecule is CC(I)N1CCC(N)CC1. The van der Waals surface area contributed by atoms with E-state index in [2.05, 4.69) is 34.4 Å². The second-order valence-electron chi connectivity index (χ2n) is 2.95. The Labute approximate surface area is 76.3 Å². The van der Waals surface area contributed by atoms with E-state index in [9.17, 15) is 0 Å². The summed E-state index contributed by atoms with van der Waals surface area (Å²) in [6.45, 7) is 4.61. The van der Waals surface area contributed by atoms with Gasteiger partial charge >= 0.3 is 0 Å². The van der Waals surface area contributed by atoms with Crippen LogP contribution < -0.4 is 5.73 Å². The highest BCUT2D eigenvalue weighted by Crippen LogP contribution is 2.14. The van der Waals surface area contributed by atoms with Gasteiger partial charge in [0.15, 0.2) is 0 Å². The van der Waals surface area contributed by atoms with E-state index in [1.807, 2.05) is 0 Å². The summed E-state index contributed by atoms with van der Waals surface area (Å²) in [5, 5.41) is 0. The van der Waals surface area contributed by atoms with Gasteiger partial charge in [0.2, 0.25) is 0 Å². The van der Waals surface area contributed by atoms with E-state index in [0.717, 1.165) is 0 Å². The van der Waals surface area contributed by atoms with Crippen molar-refractivity contribution in [1.82, 2.24) is 4.90 Å². The summed E-state index contributed by atoms with van der Waals surface area (Å²) < 4.78 is 0.671. The molecule has 0 aromatic carbocycles. The summed E-state index contributed by atoms with van der Waals surface area (Å²) in [5.41, 5.74) is 5.77. The molecule has 3 heteroatoms. The topological polar surface area (TPSA) is 29.3 Å². The Balaban J connectivity index is 2.26. The van der Waals surface area contributed by atoms with Gasteiger partial charge in [-0.15, -0.1) is 0 Å². The molecular formula is C7H15IN2. The minimum absolute atomic E-state index is 0.464. The van der Waals surface area contributed by atoms with Crippen LogP contribution in [0, 0.1) is 0 Å². The zero-order valence-corrected chi connectivity index (χ0v) is 8.54. The predicted molar refractivity (Wildman–Crippen MR) is 52.3 cm³/mol. The third-order valence-electron chi connectivity index (χ3n) is 2.08. The van der Waals surface area contributed by atoms with Crippen molar-refractivity contribution >= 4 is 22.6 Å². The first-order valence-electron chi connectivity index (χ1n) is 3.84. The third-order valence-corrected chi connectivity index (χ3v) is 2.87. The monoisotopic (exact) mass is 254 g/mol. The Hall–Kier alpha value is 0.650. The Morgan fingerprint density at radius 2 is 2.00 bits per heavy atom. The zero-order valence-electron chi connectivity index (χ0n) is 6.39. The third kappa shape index (κ3) is 2.36. The number of nitrogens with zero attached hydrogens (tertiary/aromatic N) is 1. The Bertz CT molecular complexity index is 97.8. The summed E-state index contributed by atoms with van der Waals surface area (Å²) in [6.07, 6.45) is 2.35.